The number of amides is 1. The Morgan fingerprint density at radius 1 is 1.67 bits per heavy atom. The van der Waals surface area contributed by atoms with Crippen molar-refractivity contribution in [3.05, 3.63) is 12.3 Å². The molecule has 2 aliphatic heterocycles. The number of rotatable bonds is 0. The summed E-state index contributed by atoms with van der Waals surface area (Å²) in [5.74, 6) is 0.266. The smallest absolute Gasteiger partial charge is 0.229 e. The van der Waals surface area contributed by atoms with Crippen LogP contribution in [0.2, 0.25) is 0 Å². The molecule has 2 fully saturated rings. The third-order valence-electron chi connectivity index (χ3n) is 2.15. The van der Waals surface area contributed by atoms with Gasteiger partial charge in [0.05, 0.1) is 0 Å². The van der Waals surface area contributed by atoms with E-state index in [4.69, 9.17) is 0 Å². The van der Waals surface area contributed by atoms with E-state index in [0.29, 0.717) is 6.04 Å². The van der Waals surface area contributed by atoms with E-state index in [-0.39, 0.29) is 5.91 Å². The van der Waals surface area contributed by atoms with Gasteiger partial charge in [0.1, 0.15) is 0 Å². The number of carbonyl (C=O) groups excluding carboxylic acids is 1. The first-order valence-corrected chi connectivity index (χ1v) is 3.29. The molecule has 2 rings (SSSR count). The zero-order chi connectivity index (χ0) is 6.43. The average molecular weight is 123 g/mol. The molecule has 0 saturated carbocycles. The maximum atomic E-state index is 10.8. The van der Waals surface area contributed by atoms with Gasteiger partial charge in [-0.3, -0.25) is 4.79 Å². The highest BCUT2D eigenvalue weighted by Gasteiger charge is 2.41. The van der Waals surface area contributed by atoms with Crippen LogP contribution < -0.4 is 0 Å². The van der Waals surface area contributed by atoms with Crippen LogP contribution in [0.1, 0.15) is 19.3 Å². The molecular weight excluding hydrogens is 114 g/mol. The van der Waals surface area contributed by atoms with Crippen LogP contribution in [0.5, 0.6) is 0 Å². The molecule has 1 unspecified atom stereocenters. The Morgan fingerprint density at radius 3 is 2.89 bits per heavy atom. The molecule has 0 aromatic rings. The summed E-state index contributed by atoms with van der Waals surface area (Å²) in [6.45, 7) is 3.79. The van der Waals surface area contributed by atoms with Crippen molar-refractivity contribution in [1.82, 2.24) is 4.90 Å². The lowest BCUT2D eigenvalue weighted by Crippen LogP contribution is -2.46. The van der Waals surface area contributed by atoms with Crippen molar-refractivity contribution < 1.29 is 4.79 Å². The average Bonchev–Trinajstić information content (AvgIpc) is 2.04. The van der Waals surface area contributed by atoms with Crippen LogP contribution in [0, 0.1) is 0 Å². The minimum atomic E-state index is 0.266. The molecule has 2 aliphatic rings. The fraction of sp³-hybridized carbons (Fsp3) is 0.571. The molecule has 0 radical (unpaired) electrons. The number of carbonyl (C=O) groups is 1. The second-order valence-electron chi connectivity index (χ2n) is 2.73. The van der Waals surface area contributed by atoms with Gasteiger partial charge in [-0.1, -0.05) is 6.58 Å². The van der Waals surface area contributed by atoms with Crippen LogP contribution in [0.25, 0.3) is 0 Å². The van der Waals surface area contributed by atoms with Crippen LogP contribution in [0.3, 0.4) is 0 Å². The van der Waals surface area contributed by atoms with Crippen LogP contribution in [-0.4, -0.2) is 16.8 Å². The van der Waals surface area contributed by atoms with Crippen LogP contribution >= 0.6 is 0 Å². The summed E-state index contributed by atoms with van der Waals surface area (Å²) in [5.41, 5.74) is 1.02. The van der Waals surface area contributed by atoms with Gasteiger partial charge in [0.2, 0.25) is 5.91 Å². The van der Waals surface area contributed by atoms with E-state index in [2.05, 4.69) is 6.58 Å². The highest BCUT2D eigenvalue weighted by atomic mass is 16.2. The Balaban J connectivity index is 2.23. The molecular formula is C7H9NO. The van der Waals surface area contributed by atoms with E-state index in [1.165, 1.54) is 0 Å². The van der Waals surface area contributed by atoms with Gasteiger partial charge < -0.3 is 4.90 Å². The quantitative estimate of drug-likeness (QED) is 0.438. The second kappa shape index (κ2) is 1.38. The predicted molar refractivity (Wildman–Crippen MR) is 33.6 cm³/mol. The highest BCUT2D eigenvalue weighted by molar-refractivity contribution is 5.85. The summed E-state index contributed by atoms with van der Waals surface area (Å²) >= 11 is 0. The lowest BCUT2D eigenvalue weighted by atomic mass is 10.0. The lowest BCUT2D eigenvalue weighted by molar-refractivity contribution is -0.140. The van der Waals surface area contributed by atoms with E-state index in [0.717, 1.165) is 25.0 Å². The molecule has 0 aliphatic carbocycles. The number of hydrogen-bond donors (Lipinski definition) is 0. The lowest BCUT2D eigenvalue weighted by Gasteiger charge is -2.34. The fourth-order valence-corrected chi connectivity index (χ4v) is 1.60. The van der Waals surface area contributed by atoms with Crippen LogP contribution in [0.15, 0.2) is 12.3 Å². The molecule has 0 aromatic heterocycles. The first kappa shape index (κ1) is 5.03. The minimum Gasteiger partial charge on any atom is -0.313 e. The molecule has 2 heterocycles. The standard InChI is InChI=1S/C7H9NO/c1-5-2-3-6-4-7(9)8(5)6/h6H,1-4H2. The molecule has 2 heteroatoms. The summed E-state index contributed by atoms with van der Waals surface area (Å²) in [7, 11) is 0. The molecule has 0 bridgehead atoms. The Kier molecular flexibility index (Phi) is 0.770. The zero-order valence-corrected chi connectivity index (χ0v) is 5.26. The number of fused-ring (bicyclic) bond motifs is 1. The maximum absolute atomic E-state index is 10.8. The van der Waals surface area contributed by atoms with Crippen molar-refractivity contribution in [3.8, 4) is 0 Å². The Labute approximate surface area is 54.1 Å². The summed E-state index contributed by atoms with van der Waals surface area (Å²) in [6.07, 6.45) is 2.93. The third kappa shape index (κ3) is 0.479. The Bertz CT molecular complexity index is 185. The van der Waals surface area contributed by atoms with E-state index in [9.17, 15) is 4.79 Å². The summed E-state index contributed by atoms with van der Waals surface area (Å²) in [4.78, 5) is 12.6. The van der Waals surface area contributed by atoms with Crippen molar-refractivity contribution in [2.45, 2.75) is 25.3 Å². The van der Waals surface area contributed by atoms with Crippen LogP contribution in [-0.2, 0) is 4.79 Å². The topological polar surface area (TPSA) is 20.3 Å². The summed E-state index contributed by atoms with van der Waals surface area (Å²) in [5, 5.41) is 0. The maximum Gasteiger partial charge on any atom is 0.229 e. The van der Waals surface area contributed by atoms with Gasteiger partial charge in [0.15, 0.2) is 0 Å². The van der Waals surface area contributed by atoms with Gasteiger partial charge in [0, 0.05) is 18.2 Å². The first-order chi connectivity index (χ1) is 4.29. The van der Waals surface area contributed by atoms with E-state index >= 15 is 0 Å². The summed E-state index contributed by atoms with van der Waals surface area (Å²) in [6, 6.07) is 0.532. The number of allylic oxidation sites excluding steroid dienone is 1. The molecule has 1 amide bonds. The van der Waals surface area contributed by atoms with Gasteiger partial charge in [-0.25, -0.2) is 0 Å². The van der Waals surface area contributed by atoms with Gasteiger partial charge in [-0.15, -0.1) is 0 Å². The van der Waals surface area contributed by atoms with Crippen molar-refractivity contribution in [3.63, 3.8) is 0 Å². The molecule has 0 spiro atoms. The van der Waals surface area contributed by atoms with E-state index < -0.39 is 0 Å². The van der Waals surface area contributed by atoms with Gasteiger partial charge >= 0.3 is 0 Å². The first-order valence-electron chi connectivity index (χ1n) is 3.29. The van der Waals surface area contributed by atoms with Crippen LogP contribution in [0.4, 0.5) is 0 Å². The largest absolute Gasteiger partial charge is 0.313 e. The number of hydrogen-bond acceptors (Lipinski definition) is 1. The third-order valence-corrected chi connectivity index (χ3v) is 2.15. The normalized spacial score (nSPS) is 32.4. The van der Waals surface area contributed by atoms with Gasteiger partial charge in [-0.05, 0) is 12.8 Å². The molecule has 48 valence electrons. The molecule has 2 nitrogen and oxygen atoms in total. The van der Waals surface area contributed by atoms with E-state index in [1.807, 2.05) is 4.90 Å². The fourth-order valence-electron chi connectivity index (χ4n) is 1.60. The van der Waals surface area contributed by atoms with Crippen molar-refractivity contribution >= 4 is 5.91 Å². The summed E-state index contributed by atoms with van der Waals surface area (Å²) < 4.78 is 0. The monoisotopic (exact) mass is 123 g/mol. The zero-order valence-electron chi connectivity index (χ0n) is 5.26. The van der Waals surface area contributed by atoms with E-state index in [1.54, 1.807) is 0 Å². The second-order valence-corrected chi connectivity index (χ2v) is 2.73. The van der Waals surface area contributed by atoms with Gasteiger partial charge in [-0.2, -0.15) is 0 Å². The molecule has 0 N–H and O–H groups in total. The minimum absolute atomic E-state index is 0.266. The number of nitrogens with zero attached hydrogens (tertiary/aromatic N) is 1. The van der Waals surface area contributed by atoms with Crippen molar-refractivity contribution in [2.75, 3.05) is 0 Å². The Hall–Kier alpha value is -0.790. The molecule has 1 atom stereocenters. The highest BCUT2D eigenvalue weighted by Crippen LogP contribution is 2.36. The van der Waals surface area contributed by atoms with Crippen molar-refractivity contribution in [2.24, 2.45) is 0 Å². The molecule has 9 heavy (non-hydrogen) atoms. The van der Waals surface area contributed by atoms with Crippen molar-refractivity contribution in [1.29, 1.82) is 0 Å². The SMILES string of the molecule is C=C1CCC2CC(=O)N12. The Morgan fingerprint density at radius 2 is 2.44 bits per heavy atom. The molecule has 2 saturated heterocycles. The predicted octanol–water partition coefficient (Wildman–Crippen LogP) is 0.895. The van der Waals surface area contributed by atoms with Gasteiger partial charge in [0.25, 0.3) is 0 Å². The molecule has 0 aromatic carbocycles. The number of β-lactam (4-membered cyclic amide) rings is 1.